The molecule has 0 aliphatic rings. The van der Waals surface area contributed by atoms with E-state index in [1.165, 1.54) is 0 Å². The standard InChI is InChI=1S/C15H22ClNO2/c1-4-19-14-8-6-13(7-9-14)15(18)17(12(2)3)11-5-10-16/h6-9,12H,4-5,10-11H2,1-3H3. The number of benzene rings is 1. The van der Waals surface area contributed by atoms with Gasteiger partial charge in [-0.3, -0.25) is 4.79 Å². The Morgan fingerprint density at radius 3 is 2.42 bits per heavy atom. The van der Waals surface area contributed by atoms with Crippen molar-refractivity contribution in [3.63, 3.8) is 0 Å². The summed E-state index contributed by atoms with van der Waals surface area (Å²) >= 11 is 5.70. The molecule has 0 unspecified atom stereocenters. The molecule has 0 atom stereocenters. The highest BCUT2D eigenvalue weighted by Crippen LogP contribution is 2.15. The van der Waals surface area contributed by atoms with Crippen LogP contribution in [-0.4, -0.2) is 35.9 Å². The molecule has 0 aliphatic heterocycles. The van der Waals surface area contributed by atoms with Crippen molar-refractivity contribution < 1.29 is 9.53 Å². The van der Waals surface area contributed by atoms with Crippen LogP contribution in [0.1, 0.15) is 37.6 Å². The van der Waals surface area contributed by atoms with Gasteiger partial charge in [0.2, 0.25) is 0 Å². The predicted molar refractivity (Wildman–Crippen MR) is 79.1 cm³/mol. The maximum atomic E-state index is 12.4. The number of amides is 1. The number of hydrogen-bond acceptors (Lipinski definition) is 2. The summed E-state index contributed by atoms with van der Waals surface area (Å²) in [5, 5.41) is 0. The maximum absolute atomic E-state index is 12.4. The second-order valence-corrected chi connectivity index (χ2v) is 4.97. The second kappa shape index (κ2) is 8.05. The summed E-state index contributed by atoms with van der Waals surface area (Å²) in [6, 6.07) is 7.45. The minimum Gasteiger partial charge on any atom is -0.494 e. The molecule has 0 aliphatic carbocycles. The molecule has 0 saturated heterocycles. The topological polar surface area (TPSA) is 29.5 Å². The average molecular weight is 284 g/mol. The maximum Gasteiger partial charge on any atom is 0.254 e. The van der Waals surface area contributed by atoms with E-state index >= 15 is 0 Å². The van der Waals surface area contributed by atoms with Crippen LogP contribution >= 0.6 is 11.6 Å². The van der Waals surface area contributed by atoms with Gasteiger partial charge in [0.15, 0.2) is 0 Å². The number of ether oxygens (including phenoxy) is 1. The van der Waals surface area contributed by atoms with E-state index in [0.29, 0.717) is 24.6 Å². The summed E-state index contributed by atoms with van der Waals surface area (Å²) in [7, 11) is 0. The van der Waals surface area contributed by atoms with Crippen molar-refractivity contribution in [1.82, 2.24) is 4.90 Å². The molecule has 4 heteroatoms. The van der Waals surface area contributed by atoms with Crippen LogP contribution in [0.2, 0.25) is 0 Å². The van der Waals surface area contributed by atoms with Gasteiger partial charge >= 0.3 is 0 Å². The molecule has 0 bridgehead atoms. The summed E-state index contributed by atoms with van der Waals surface area (Å²) in [4.78, 5) is 14.2. The fourth-order valence-corrected chi connectivity index (χ4v) is 1.97. The van der Waals surface area contributed by atoms with Gasteiger partial charge in [-0.05, 0) is 51.5 Å². The van der Waals surface area contributed by atoms with Crippen molar-refractivity contribution in [1.29, 1.82) is 0 Å². The fraction of sp³-hybridized carbons (Fsp3) is 0.533. The molecular formula is C15H22ClNO2. The van der Waals surface area contributed by atoms with Crippen LogP contribution in [0.15, 0.2) is 24.3 Å². The normalized spacial score (nSPS) is 10.6. The van der Waals surface area contributed by atoms with Gasteiger partial charge < -0.3 is 9.64 Å². The number of rotatable bonds is 7. The zero-order valence-electron chi connectivity index (χ0n) is 11.9. The quantitative estimate of drug-likeness (QED) is 0.716. The van der Waals surface area contributed by atoms with E-state index in [0.717, 1.165) is 12.2 Å². The number of hydrogen-bond donors (Lipinski definition) is 0. The highest BCUT2D eigenvalue weighted by molar-refractivity contribution is 6.17. The summed E-state index contributed by atoms with van der Waals surface area (Å²) < 4.78 is 5.37. The van der Waals surface area contributed by atoms with Crippen LogP contribution < -0.4 is 4.74 Å². The first-order valence-electron chi connectivity index (χ1n) is 6.70. The molecule has 0 radical (unpaired) electrons. The fourth-order valence-electron chi connectivity index (χ4n) is 1.85. The summed E-state index contributed by atoms with van der Waals surface area (Å²) in [6.45, 7) is 7.28. The molecule has 19 heavy (non-hydrogen) atoms. The summed E-state index contributed by atoms with van der Waals surface area (Å²) in [6.07, 6.45) is 0.808. The number of carbonyl (C=O) groups excluding carboxylic acids is 1. The van der Waals surface area contributed by atoms with Gasteiger partial charge in [-0.25, -0.2) is 0 Å². The Bertz CT molecular complexity index is 390. The van der Waals surface area contributed by atoms with Crippen molar-refractivity contribution in [3.05, 3.63) is 29.8 Å². The largest absolute Gasteiger partial charge is 0.494 e. The Morgan fingerprint density at radius 2 is 1.95 bits per heavy atom. The lowest BCUT2D eigenvalue weighted by atomic mass is 10.1. The molecule has 1 amide bonds. The van der Waals surface area contributed by atoms with Crippen LogP contribution in [0, 0.1) is 0 Å². The monoisotopic (exact) mass is 283 g/mol. The third-order valence-corrected chi connectivity index (χ3v) is 3.10. The molecular weight excluding hydrogens is 262 g/mol. The van der Waals surface area contributed by atoms with E-state index in [1.807, 2.05) is 49.9 Å². The van der Waals surface area contributed by atoms with E-state index in [9.17, 15) is 4.79 Å². The highest BCUT2D eigenvalue weighted by atomic mass is 35.5. The second-order valence-electron chi connectivity index (χ2n) is 4.59. The average Bonchev–Trinajstić information content (AvgIpc) is 2.40. The molecule has 0 saturated carbocycles. The minimum absolute atomic E-state index is 0.0446. The zero-order chi connectivity index (χ0) is 14.3. The number of halogens is 1. The molecule has 3 nitrogen and oxygen atoms in total. The first-order valence-corrected chi connectivity index (χ1v) is 7.23. The SMILES string of the molecule is CCOc1ccc(C(=O)N(CCCCl)C(C)C)cc1. The van der Waals surface area contributed by atoms with Crippen LogP contribution in [0.3, 0.4) is 0 Å². The summed E-state index contributed by atoms with van der Waals surface area (Å²) in [5.41, 5.74) is 0.687. The van der Waals surface area contributed by atoms with Gasteiger partial charge in [0, 0.05) is 24.0 Å². The Morgan fingerprint density at radius 1 is 1.32 bits per heavy atom. The van der Waals surface area contributed by atoms with Crippen LogP contribution in [0.4, 0.5) is 0 Å². The number of alkyl halides is 1. The van der Waals surface area contributed by atoms with Crippen molar-refractivity contribution in [2.75, 3.05) is 19.0 Å². The molecule has 1 rings (SSSR count). The predicted octanol–water partition coefficient (Wildman–Crippen LogP) is 3.56. The molecule has 0 N–H and O–H groups in total. The molecule has 0 spiro atoms. The van der Waals surface area contributed by atoms with Crippen molar-refractivity contribution in [3.8, 4) is 5.75 Å². The van der Waals surface area contributed by atoms with Crippen molar-refractivity contribution in [2.45, 2.75) is 33.2 Å². The van der Waals surface area contributed by atoms with Gasteiger partial charge in [0.25, 0.3) is 5.91 Å². The van der Waals surface area contributed by atoms with Crippen molar-refractivity contribution in [2.24, 2.45) is 0 Å². The van der Waals surface area contributed by atoms with Gasteiger partial charge in [0.05, 0.1) is 6.61 Å². The number of nitrogens with zero attached hydrogens (tertiary/aromatic N) is 1. The number of carbonyl (C=O) groups is 1. The molecule has 106 valence electrons. The smallest absolute Gasteiger partial charge is 0.254 e. The van der Waals surface area contributed by atoms with E-state index in [4.69, 9.17) is 16.3 Å². The minimum atomic E-state index is 0.0446. The summed E-state index contributed by atoms with van der Waals surface area (Å²) in [5.74, 6) is 1.40. The lowest BCUT2D eigenvalue weighted by molar-refractivity contribution is 0.0706. The molecule has 0 aromatic heterocycles. The first-order chi connectivity index (χ1) is 9.10. The molecule has 1 aromatic carbocycles. The Kier molecular flexibility index (Phi) is 6.71. The van der Waals surface area contributed by atoms with E-state index in [2.05, 4.69) is 0 Å². The first kappa shape index (κ1) is 15.8. The molecule has 1 aromatic rings. The van der Waals surface area contributed by atoms with Gasteiger partial charge in [-0.2, -0.15) is 0 Å². The Balaban J connectivity index is 2.78. The lowest BCUT2D eigenvalue weighted by Gasteiger charge is -2.26. The van der Waals surface area contributed by atoms with Gasteiger partial charge in [-0.1, -0.05) is 0 Å². The third-order valence-electron chi connectivity index (χ3n) is 2.83. The van der Waals surface area contributed by atoms with E-state index in [1.54, 1.807) is 0 Å². The van der Waals surface area contributed by atoms with Crippen molar-refractivity contribution >= 4 is 17.5 Å². The van der Waals surface area contributed by atoms with Crippen LogP contribution in [-0.2, 0) is 0 Å². The van der Waals surface area contributed by atoms with Gasteiger partial charge in [0.1, 0.15) is 5.75 Å². The third kappa shape index (κ3) is 4.75. The highest BCUT2D eigenvalue weighted by Gasteiger charge is 2.18. The Hall–Kier alpha value is -1.22. The van der Waals surface area contributed by atoms with Crippen LogP contribution in [0.5, 0.6) is 5.75 Å². The van der Waals surface area contributed by atoms with Crippen LogP contribution in [0.25, 0.3) is 0 Å². The lowest BCUT2D eigenvalue weighted by Crippen LogP contribution is -2.37. The molecule has 0 heterocycles. The van der Waals surface area contributed by atoms with E-state index < -0.39 is 0 Å². The zero-order valence-corrected chi connectivity index (χ0v) is 12.6. The van der Waals surface area contributed by atoms with E-state index in [-0.39, 0.29) is 11.9 Å². The molecule has 0 fully saturated rings. The Labute approximate surface area is 120 Å². The van der Waals surface area contributed by atoms with Gasteiger partial charge in [-0.15, -0.1) is 11.6 Å².